The number of nitro benzene ring substituents is 1. The van der Waals surface area contributed by atoms with E-state index < -0.39 is 21.0 Å². The molecule has 10 nitrogen and oxygen atoms in total. The highest BCUT2D eigenvalue weighted by atomic mass is 32.2. The molecule has 32 heavy (non-hydrogen) atoms. The second kappa shape index (κ2) is 8.41. The van der Waals surface area contributed by atoms with Crippen LogP contribution in [0.5, 0.6) is 0 Å². The Hall–Kier alpha value is -3.15. The van der Waals surface area contributed by atoms with Crippen molar-refractivity contribution in [2.45, 2.75) is 24.3 Å². The van der Waals surface area contributed by atoms with Crippen molar-refractivity contribution in [1.29, 1.82) is 0 Å². The first-order valence-corrected chi connectivity index (χ1v) is 11.6. The second-order valence-corrected chi connectivity index (χ2v) is 9.91. The zero-order chi connectivity index (χ0) is 23.0. The maximum Gasteiger partial charge on any atom is 0.292 e. The smallest absolute Gasteiger partial charge is 0.292 e. The zero-order valence-corrected chi connectivity index (χ0v) is 18.2. The summed E-state index contributed by atoms with van der Waals surface area (Å²) in [6.07, 6.45) is 0.0944. The quantitative estimate of drug-likeness (QED) is 0.385. The summed E-state index contributed by atoms with van der Waals surface area (Å²) >= 11 is 0. The largest absolute Gasteiger partial charge is 0.322 e. The molecule has 1 N–H and O–H groups in total. The van der Waals surface area contributed by atoms with Gasteiger partial charge in [-0.25, -0.2) is 13.3 Å². The third kappa shape index (κ3) is 4.01. The van der Waals surface area contributed by atoms with Crippen molar-refractivity contribution in [3.8, 4) is 0 Å². The maximum absolute atomic E-state index is 13.0. The summed E-state index contributed by atoms with van der Waals surface area (Å²) in [4.78, 5) is 37.8. The molecule has 0 radical (unpaired) electrons. The Bertz CT molecular complexity index is 1160. The van der Waals surface area contributed by atoms with Crippen molar-refractivity contribution >= 4 is 33.2 Å². The summed E-state index contributed by atoms with van der Waals surface area (Å²) in [5.41, 5.74) is 1.40. The number of non-ortho nitro benzene ring substituents is 1. The predicted octanol–water partition coefficient (Wildman–Crippen LogP) is 0.125. The summed E-state index contributed by atoms with van der Waals surface area (Å²) in [5, 5.41) is 10.8. The SMILES string of the molecule is Cc1ccc(N2C(=O)C[C@@H]([NH+]3CCN(S(=O)(=O)c4ccc([N+](=O)[O-])cc4)CC3)C2=O)cc1. The first-order valence-electron chi connectivity index (χ1n) is 10.2. The Kier molecular flexibility index (Phi) is 5.80. The van der Waals surface area contributed by atoms with E-state index in [-0.39, 0.29) is 41.9 Å². The number of benzene rings is 2. The lowest BCUT2D eigenvalue weighted by atomic mass is 10.2. The summed E-state index contributed by atoms with van der Waals surface area (Å²) in [6.45, 7) is 3.08. The van der Waals surface area contributed by atoms with Crippen molar-refractivity contribution in [3.63, 3.8) is 0 Å². The van der Waals surface area contributed by atoms with Gasteiger partial charge in [0.2, 0.25) is 15.9 Å². The average molecular weight is 460 g/mol. The van der Waals surface area contributed by atoms with Crippen molar-refractivity contribution in [2.75, 3.05) is 31.1 Å². The van der Waals surface area contributed by atoms with Crippen LogP contribution in [-0.2, 0) is 19.6 Å². The number of rotatable bonds is 5. The highest BCUT2D eigenvalue weighted by Crippen LogP contribution is 2.23. The van der Waals surface area contributed by atoms with E-state index in [4.69, 9.17) is 0 Å². The van der Waals surface area contributed by atoms with E-state index in [1.54, 1.807) is 12.1 Å². The fourth-order valence-electron chi connectivity index (χ4n) is 4.17. The van der Waals surface area contributed by atoms with Crippen LogP contribution in [0, 0.1) is 17.0 Å². The number of hydrogen-bond donors (Lipinski definition) is 1. The summed E-state index contributed by atoms with van der Waals surface area (Å²) in [5.74, 6) is -0.516. The van der Waals surface area contributed by atoms with Gasteiger partial charge in [-0.1, -0.05) is 17.7 Å². The van der Waals surface area contributed by atoms with Crippen LogP contribution < -0.4 is 9.80 Å². The van der Waals surface area contributed by atoms with Gasteiger partial charge in [-0.15, -0.1) is 0 Å². The third-order valence-corrected chi connectivity index (χ3v) is 7.89. The van der Waals surface area contributed by atoms with Crippen LogP contribution in [0.1, 0.15) is 12.0 Å². The molecular formula is C21H23N4O6S+. The number of piperazine rings is 1. The molecule has 0 aliphatic carbocycles. The van der Waals surface area contributed by atoms with Gasteiger partial charge in [-0.05, 0) is 31.2 Å². The monoisotopic (exact) mass is 459 g/mol. The van der Waals surface area contributed by atoms with E-state index in [1.165, 1.54) is 21.3 Å². The number of nitrogens with one attached hydrogen (secondary N) is 1. The molecule has 2 aromatic rings. The lowest BCUT2D eigenvalue weighted by Gasteiger charge is -2.33. The van der Waals surface area contributed by atoms with Gasteiger partial charge in [-0.2, -0.15) is 4.31 Å². The van der Waals surface area contributed by atoms with Crippen molar-refractivity contribution in [3.05, 3.63) is 64.2 Å². The topological polar surface area (TPSA) is 122 Å². The Balaban J connectivity index is 1.43. The molecule has 2 aliphatic heterocycles. The number of hydrogen-bond acceptors (Lipinski definition) is 6. The molecule has 2 amide bonds. The van der Waals surface area contributed by atoms with Gasteiger partial charge in [0.25, 0.3) is 11.6 Å². The summed E-state index contributed by atoms with van der Waals surface area (Å²) < 4.78 is 27.1. The zero-order valence-electron chi connectivity index (χ0n) is 17.4. The molecule has 2 aliphatic rings. The molecule has 11 heteroatoms. The van der Waals surface area contributed by atoms with Gasteiger partial charge in [0, 0.05) is 12.1 Å². The molecule has 0 unspecified atom stereocenters. The van der Waals surface area contributed by atoms with Crippen LogP contribution in [0.2, 0.25) is 0 Å². The number of nitrogens with zero attached hydrogens (tertiary/aromatic N) is 3. The summed E-state index contributed by atoms with van der Waals surface area (Å²) in [6, 6.07) is 11.4. The molecule has 2 heterocycles. The lowest BCUT2D eigenvalue weighted by molar-refractivity contribution is -0.918. The summed E-state index contributed by atoms with van der Waals surface area (Å²) in [7, 11) is -3.80. The van der Waals surface area contributed by atoms with Gasteiger partial charge < -0.3 is 4.90 Å². The van der Waals surface area contributed by atoms with E-state index in [2.05, 4.69) is 0 Å². The minimum Gasteiger partial charge on any atom is -0.322 e. The first-order chi connectivity index (χ1) is 15.2. The van der Waals surface area contributed by atoms with Crippen LogP contribution >= 0.6 is 0 Å². The fourth-order valence-corrected chi connectivity index (χ4v) is 5.61. The number of nitro groups is 1. The van der Waals surface area contributed by atoms with Gasteiger partial charge in [0.15, 0.2) is 6.04 Å². The average Bonchev–Trinajstić information content (AvgIpc) is 3.08. The lowest BCUT2D eigenvalue weighted by Crippen LogP contribution is -3.19. The Morgan fingerprint density at radius 1 is 1.00 bits per heavy atom. The molecule has 0 spiro atoms. The molecule has 1 atom stereocenters. The molecule has 0 saturated carbocycles. The molecule has 168 valence electrons. The third-order valence-electron chi connectivity index (χ3n) is 5.98. The van der Waals surface area contributed by atoms with Crippen molar-refractivity contribution in [2.24, 2.45) is 0 Å². The predicted molar refractivity (Wildman–Crippen MR) is 115 cm³/mol. The van der Waals surface area contributed by atoms with Crippen LogP contribution in [0.3, 0.4) is 0 Å². The van der Waals surface area contributed by atoms with Gasteiger partial charge >= 0.3 is 0 Å². The van der Waals surface area contributed by atoms with Crippen molar-refractivity contribution < 1.29 is 27.8 Å². The van der Waals surface area contributed by atoms with Gasteiger partial charge in [0.05, 0.1) is 48.1 Å². The second-order valence-electron chi connectivity index (χ2n) is 7.97. The van der Waals surface area contributed by atoms with E-state index in [0.717, 1.165) is 22.6 Å². The molecule has 2 fully saturated rings. The Morgan fingerprint density at radius 3 is 2.16 bits per heavy atom. The first kappa shape index (κ1) is 22.1. The van der Waals surface area contributed by atoms with Crippen LogP contribution in [-0.4, -0.2) is 61.7 Å². The number of carbonyl (C=O) groups is 2. The van der Waals surface area contributed by atoms with E-state index in [9.17, 15) is 28.1 Å². The molecule has 0 bridgehead atoms. The van der Waals surface area contributed by atoms with Crippen LogP contribution in [0.4, 0.5) is 11.4 Å². The number of quaternary nitrogens is 1. The minimum absolute atomic E-state index is 0.00998. The standard InChI is InChI=1S/C21H22N4O6S/c1-15-2-4-16(5-3-15)24-20(26)14-19(21(24)27)22-10-12-23(13-11-22)32(30,31)18-8-6-17(7-9-18)25(28)29/h2-9,19H,10-14H2,1H3/p+1/t19-/m1/s1. The number of anilines is 1. The number of sulfonamides is 1. The molecule has 0 aromatic heterocycles. The molecular weight excluding hydrogens is 436 g/mol. The fraction of sp³-hybridized carbons (Fsp3) is 0.333. The number of carbonyl (C=O) groups excluding carboxylic acids is 2. The van der Waals surface area contributed by atoms with Gasteiger partial charge in [0.1, 0.15) is 0 Å². The van der Waals surface area contributed by atoms with Crippen molar-refractivity contribution in [1.82, 2.24) is 4.31 Å². The van der Waals surface area contributed by atoms with Crippen LogP contribution in [0.25, 0.3) is 0 Å². The highest BCUT2D eigenvalue weighted by Gasteiger charge is 2.47. The Labute approximate surface area is 185 Å². The Morgan fingerprint density at radius 2 is 1.59 bits per heavy atom. The number of amides is 2. The normalized spacial score (nSPS) is 20.7. The molecule has 2 saturated heterocycles. The minimum atomic E-state index is -3.80. The number of imide groups is 1. The van der Waals surface area contributed by atoms with E-state index in [1.807, 2.05) is 19.1 Å². The van der Waals surface area contributed by atoms with E-state index in [0.29, 0.717) is 18.8 Å². The van der Waals surface area contributed by atoms with Gasteiger partial charge in [-0.3, -0.25) is 19.7 Å². The molecule has 4 rings (SSSR count). The number of aryl methyl sites for hydroxylation is 1. The van der Waals surface area contributed by atoms with E-state index >= 15 is 0 Å². The molecule has 2 aromatic carbocycles. The highest BCUT2D eigenvalue weighted by molar-refractivity contribution is 7.89. The maximum atomic E-state index is 13.0. The van der Waals surface area contributed by atoms with Crippen LogP contribution in [0.15, 0.2) is 53.4 Å².